The lowest BCUT2D eigenvalue weighted by Crippen LogP contribution is -2.50. The molecular weight excluding hydrogens is 581 g/mol. The molecule has 236 valence electrons. The van der Waals surface area contributed by atoms with Gasteiger partial charge >= 0.3 is 0 Å². The summed E-state index contributed by atoms with van der Waals surface area (Å²) in [6, 6.07) is 18.2. The minimum atomic E-state index is -1.89. The standard InChI is InChI=1S/C36H38FN7O2/c1-20-32(21(2)43-42-20)23-5-8-26(9-6-23)40-34(45)33(41-35(46)36(37)12-13-36)29-10-7-22-3-4-24(15-30(22)29)25-11-14-38-31(16-25)44-19-27-17-28(44)18-39-27/h3-6,8-9,11,14-16,27-29,33,39H,7,10,12-13,17-19H2,1-2H3,(H,40,45)(H,41,46)(H,42,43)/t27-,28-,29+,33-/m0/s1. The number of amides is 2. The van der Waals surface area contributed by atoms with Crippen molar-refractivity contribution in [1.82, 2.24) is 25.8 Å². The first-order valence-electron chi connectivity index (χ1n) is 16.3. The summed E-state index contributed by atoms with van der Waals surface area (Å²) in [5, 5.41) is 16.7. The van der Waals surface area contributed by atoms with E-state index in [0.717, 1.165) is 76.5 Å². The summed E-state index contributed by atoms with van der Waals surface area (Å²) in [7, 11) is 0. The molecule has 46 heavy (non-hydrogen) atoms. The monoisotopic (exact) mass is 619 g/mol. The topological polar surface area (TPSA) is 115 Å². The van der Waals surface area contributed by atoms with Crippen molar-refractivity contribution in [2.24, 2.45) is 0 Å². The van der Waals surface area contributed by atoms with Crippen LogP contribution in [0.1, 0.15) is 54.1 Å². The normalized spacial score (nSPS) is 22.8. The van der Waals surface area contributed by atoms with Crippen molar-refractivity contribution in [2.75, 3.05) is 23.3 Å². The molecule has 0 radical (unpaired) electrons. The van der Waals surface area contributed by atoms with Gasteiger partial charge in [-0.25, -0.2) is 9.37 Å². The molecule has 2 saturated heterocycles. The smallest absolute Gasteiger partial charge is 0.258 e. The average molecular weight is 620 g/mol. The third-order valence-electron chi connectivity index (χ3n) is 10.3. The first kappa shape index (κ1) is 28.9. The summed E-state index contributed by atoms with van der Waals surface area (Å²) in [5.41, 5.74) is 6.88. The fourth-order valence-corrected chi connectivity index (χ4v) is 7.63. The van der Waals surface area contributed by atoms with Crippen molar-refractivity contribution < 1.29 is 14.0 Å². The molecule has 2 aromatic carbocycles. The molecule has 4 N–H and O–H groups in total. The van der Waals surface area contributed by atoms with Crippen molar-refractivity contribution in [2.45, 2.75) is 75.7 Å². The van der Waals surface area contributed by atoms with Crippen molar-refractivity contribution in [3.05, 3.63) is 83.3 Å². The Morgan fingerprint density at radius 3 is 2.52 bits per heavy atom. The van der Waals surface area contributed by atoms with Crippen molar-refractivity contribution in [1.29, 1.82) is 0 Å². The number of nitrogens with one attached hydrogen (secondary N) is 4. The molecule has 4 aliphatic rings. The van der Waals surface area contributed by atoms with E-state index in [-0.39, 0.29) is 24.7 Å². The first-order chi connectivity index (χ1) is 22.3. The maximum atomic E-state index is 14.9. The number of H-pyrrole nitrogens is 1. The number of halogens is 1. The van der Waals surface area contributed by atoms with Crippen LogP contribution in [0.3, 0.4) is 0 Å². The lowest BCUT2D eigenvalue weighted by molar-refractivity contribution is -0.131. The van der Waals surface area contributed by atoms with Gasteiger partial charge in [-0.15, -0.1) is 0 Å². The summed E-state index contributed by atoms with van der Waals surface area (Å²) in [6.45, 7) is 5.88. The molecule has 2 bridgehead atoms. The summed E-state index contributed by atoms with van der Waals surface area (Å²) in [4.78, 5) is 34.0. The number of aryl methyl sites for hydroxylation is 3. The number of hydrogen-bond donors (Lipinski definition) is 4. The predicted octanol–water partition coefficient (Wildman–Crippen LogP) is 4.96. The number of alkyl halides is 1. The maximum absolute atomic E-state index is 14.9. The van der Waals surface area contributed by atoms with Crippen LogP contribution < -0.4 is 20.9 Å². The van der Waals surface area contributed by atoms with Crippen LogP contribution in [0.4, 0.5) is 15.9 Å². The third kappa shape index (κ3) is 5.14. The molecule has 4 aromatic rings. The lowest BCUT2D eigenvalue weighted by Gasteiger charge is -2.28. The van der Waals surface area contributed by atoms with E-state index >= 15 is 0 Å². The number of piperazine rings is 1. The minimum Gasteiger partial charge on any atom is -0.351 e. The number of anilines is 2. The highest BCUT2D eigenvalue weighted by Gasteiger charge is 2.52. The molecule has 0 unspecified atom stereocenters. The van der Waals surface area contributed by atoms with E-state index in [9.17, 15) is 14.0 Å². The van der Waals surface area contributed by atoms with Gasteiger partial charge < -0.3 is 20.9 Å². The van der Waals surface area contributed by atoms with Crippen LogP contribution in [0.2, 0.25) is 0 Å². The van der Waals surface area contributed by atoms with E-state index in [4.69, 9.17) is 4.98 Å². The largest absolute Gasteiger partial charge is 0.351 e. The second-order valence-electron chi connectivity index (χ2n) is 13.4. The zero-order valence-electron chi connectivity index (χ0n) is 26.1. The van der Waals surface area contributed by atoms with Crippen LogP contribution in [0.15, 0.2) is 60.8 Å². The molecular formula is C36H38FN7O2. The summed E-state index contributed by atoms with van der Waals surface area (Å²) < 4.78 is 14.9. The second kappa shape index (κ2) is 11.0. The number of carbonyl (C=O) groups excluding carboxylic acids is 2. The Morgan fingerprint density at radius 2 is 1.83 bits per heavy atom. The Bertz CT molecular complexity index is 1810. The molecule has 10 heteroatoms. The van der Waals surface area contributed by atoms with Crippen LogP contribution in [0, 0.1) is 13.8 Å². The molecule has 2 aromatic heterocycles. The first-order valence-corrected chi connectivity index (χ1v) is 16.3. The van der Waals surface area contributed by atoms with Gasteiger partial charge in [0.05, 0.1) is 5.69 Å². The second-order valence-corrected chi connectivity index (χ2v) is 13.4. The van der Waals surface area contributed by atoms with E-state index < -0.39 is 17.6 Å². The van der Waals surface area contributed by atoms with E-state index in [1.54, 1.807) is 0 Å². The number of benzene rings is 2. The molecule has 3 fully saturated rings. The fraction of sp³-hybridized carbons (Fsp3) is 0.389. The molecule has 4 atom stereocenters. The Hall–Kier alpha value is -4.57. The number of aromatic amines is 1. The molecule has 8 rings (SSSR count). The quantitative estimate of drug-likeness (QED) is 0.222. The fourth-order valence-electron chi connectivity index (χ4n) is 7.63. The SMILES string of the molecule is Cc1n[nH]c(C)c1-c1ccc(NC(=O)[C@@H](NC(=O)C2(F)CC2)[C@@H]2CCc3ccc(-c4ccnc(N5C[C@@H]6C[C@H]5CN6)c4)cc32)cc1. The van der Waals surface area contributed by atoms with Gasteiger partial charge in [-0.1, -0.05) is 30.3 Å². The molecule has 0 spiro atoms. The van der Waals surface area contributed by atoms with E-state index in [0.29, 0.717) is 24.2 Å². The highest BCUT2D eigenvalue weighted by molar-refractivity contribution is 6.00. The Kier molecular flexibility index (Phi) is 6.93. The number of rotatable bonds is 8. The third-order valence-corrected chi connectivity index (χ3v) is 10.3. The molecule has 9 nitrogen and oxygen atoms in total. The lowest BCUT2D eigenvalue weighted by atomic mass is 9.90. The maximum Gasteiger partial charge on any atom is 0.258 e. The van der Waals surface area contributed by atoms with Crippen molar-refractivity contribution >= 4 is 23.3 Å². The van der Waals surface area contributed by atoms with Gasteiger partial charge in [-0.2, -0.15) is 5.10 Å². The van der Waals surface area contributed by atoms with E-state index in [1.165, 1.54) is 0 Å². The van der Waals surface area contributed by atoms with Crippen LogP contribution in [-0.4, -0.2) is 63.9 Å². The average Bonchev–Trinajstić information content (AvgIpc) is 3.47. The molecule has 2 aliphatic carbocycles. The van der Waals surface area contributed by atoms with Gasteiger partial charge in [-0.3, -0.25) is 14.7 Å². The number of hydrogen-bond acceptors (Lipinski definition) is 6. The van der Waals surface area contributed by atoms with Gasteiger partial charge in [0.25, 0.3) is 5.91 Å². The number of pyridine rings is 1. The Labute approximate surface area is 267 Å². The van der Waals surface area contributed by atoms with Gasteiger partial charge in [0.1, 0.15) is 11.9 Å². The highest BCUT2D eigenvalue weighted by atomic mass is 19.1. The Morgan fingerprint density at radius 1 is 1.04 bits per heavy atom. The predicted molar refractivity (Wildman–Crippen MR) is 175 cm³/mol. The molecule has 2 aliphatic heterocycles. The van der Waals surface area contributed by atoms with Gasteiger partial charge in [0.2, 0.25) is 5.91 Å². The van der Waals surface area contributed by atoms with Gasteiger partial charge in [0.15, 0.2) is 5.67 Å². The molecule has 1 saturated carbocycles. The van der Waals surface area contributed by atoms with E-state index in [2.05, 4.69) is 55.3 Å². The van der Waals surface area contributed by atoms with Crippen LogP contribution in [0.25, 0.3) is 22.3 Å². The number of nitrogens with zero attached hydrogens (tertiary/aromatic N) is 3. The van der Waals surface area contributed by atoms with E-state index in [1.807, 2.05) is 50.4 Å². The zero-order chi connectivity index (χ0) is 31.6. The zero-order valence-corrected chi connectivity index (χ0v) is 26.1. The van der Waals surface area contributed by atoms with Gasteiger partial charge in [0, 0.05) is 54.2 Å². The van der Waals surface area contributed by atoms with Crippen LogP contribution >= 0.6 is 0 Å². The van der Waals surface area contributed by atoms with Crippen LogP contribution in [0.5, 0.6) is 0 Å². The summed E-state index contributed by atoms with van der Waals surface area (Å²) in [6.07, 6.45) is 4.85. The molecule has 4 heterocycles. The van der Waals surface area contributed by atoms with Crippen molar-refractivity contribution in [3.63, 3.8) is 0 Å². The Balaban J connectivity index is 1.06. The van der Waals surface area contributed by atoms with Crippen molar-refractivity contribution in [3.8, 4) is 22.3 Å². The minimum absolute atomic E-state index is 0.186. The highest BCUT2D eigenvalue weighted by Crippen LogP contribution is 2.42. The molecule has 2 amide bonds. The summed E-state index contributed by atoms with van der Waals surface area (Å²) in [5.74, 6) is -0.367. The number of aromatic nitrogens is 3. The van der Waals surface area contributed by atoms with Crippen LogP contribution in [-0.2, 0) is 16.0 Å². The van der Waals surface area contributed by atoms with Gasteiger partial charge in [-0.05, 0) is 98.0 Å². The number of fused-ring (bicyclic) bond motifs is 3. The number of carbonyl (C=O) groups is 2. The summed E-state index contributed by atoms with van der Waals surface area (Å²) >= 11 is 0.